The minimum absolute atomic E-state index is 0.0121. The van der Waals surface area contributed by atoms with Crippen LogP contribution in [-0.2, 0) is 9.53 Å². The number of carbonyl (C=O) groups excluding carboxylic acids is 1. The van der Waals surface area contributed by atoms with Crippen LogP contribution in [0.5, 0.6) is 5.75 Å². The van der Waals surface area contributed by atoms with Gasteiger partial charge in [-0.3, -0.25) is 4.79 Å². The zero-order valence-corrected chi connectivity index (χ0v) is 12.6. The molecule has 2 heterocycles. The number of fused-ring (bicyclic) bond motifs is 1. The van der Waals surface area contributed by atoms with Crippen molar-refractivity contribution in [3.05, 3.63) is 30.2 Å². The Morgan fingerprint density at radius 3 is 3.04 bits per heavy atom. The minimum atomic E-state index is -0.0997. The van der Waals surface area contributed by atoms with E-state index in [0.717, 1.165) is 24.2 Å². The molecule has 3 aliphatic rings. The summed E-state index contributed by atoms with van der Waals surface area (Å²) in [5.74, 6) is 2.42. The van der Waals surface area contributed by atoms with E-state index in [4.69, 9.17) is 14.0 Å². The van der Waals surface area contributed by atoms with Crippen LogP contribution in [0.25, 0.3) is 11.4 Å². The van der Waals surface area contributed by atoms with Gasteiger partial charge in [0.25, 0.3) is 0 Å². The van der Waals surface area contributed by atoms with E-state index in [2.05, 4.69) is 10.1 Å². The summed E-state index contributed by atoms with van der Waals surface area (Å²) in [6.45, 7) is 0. The van der Waals surface area contributed by atoms with Crippen LogP contribution in [0, 0.1) is 17.8 Å². The Morgan fingerprint density at radius 2 is 2.17 bits per heavy atom. The zero-order chi connectivity index (χ0) is 15.6. The SMILES string of the molecule is COc1cccc(-c2noc([C@@H]3[C@@H]4C[C@@H]5[C@@H]3C(=O)O[C@H]5C4)n2)c1. The molecule has 1 aromatic carbocycles. The minimum Gasteiger partial charge on any atom is -0.497 e. The van der Waals surface area contributed by atoms with Gasteiger partial charge in [0.05, 0.1) is 18.9 Å². The third kappa shape index (κ3) is 1.77. The molecule has 2 saturated carbocycles. The number of benzene rings is 1. The Hall–Kier alpha value is -2.37. The Morgan fingerprint density at radius 1 is 1.26 bits per heavy atom. The lowest BCUT2D eigenvalue weighted by molar-refractivity contribution is -0.143. The first-order valence-electron chi connectivity index (χ1n) is 7.93. The summed E-state index contributed by atoms with van der Waals surface area (Å²) in [4.78, 5) is 16.7. The van der Waals surface area contributed by atoms with E-state index in [-0.39, 0.29) is 23.9 Å². The molecule has 23 heavy (non-hydrogen) atoms. The summed E-state index contributed by atoms with van der Waals surface area (Å²) in [5.41, 5.74) is 0.842. The Kier molecular flexibility index (Phi) is 2.60. The molecule has 5 rings (SSSR count). The van der Waals surface area contributed by atoms with Crippen molar-refractivity contribution in [3.8, 4) is 17.1 Å². The number of hydrogen-bond acceptors (Lipinski definition) is 6. The second kappa shape index (κ2) is 4.57. The van der Waals surface area contributed by atoms with Crippen molar-refractivity contribution in [2.45, 2.75) is 24.9 Å². The van der Waals surface area contributed by atoms with Crippen molar-refractivity contribution >= 4 is 5.97 Å². The van der Waals surface area contributed by atoms with E-state index >= 15 is 0 Å². The molecule has 0 unspecified atom stereocenters. The molecule has 5 atom stereocenters. The van der Waals surface area contributed by atoms with Crippen LogP contribution in [-0.4, -0.2) is 29.3 Å². The van der Waals surface area contributed by atoms with Crippen molar-refractivity contribution in [1.82, 2.24) is 10.1 Å². The van der Waals surface area contributed by atoms with Crippen molar-refractivity contribution in [2.24, 2.45) is 17.8 Å². The van der Waals surface area contributed by atoms with Crippen molar-refractivity contribution in [1.29, 1.82) is 0 Å². The van der Waals surface area contributed by atoms with Crippen molar-refractivity contribution < 1.29 is 18.8 Å². The normalized spacial score (nSPS) is 34.0. The molecule has 2 aliphatic carbocycles. The molecule has 118 valence electrons. The lowest BCUT2D eigenvalue weighted by Gasteiger charge is -2.20. The van der Waals surface area contributed by atoms with Crippen LogP contribution in [0.3, 0.4) is 0 Å². The predicted molar refractivity (Wildman–Crippen MR) is 78.6 cm³/mol. The number of carbonyl (C=O) groups is 1. The van der Waals surface area contributed by atoms with Gasteiger partial charge in [-0.25, -0.2) is 0 Å². The molecule has 6 heteroatoms. The van der Waals surface area contributed by atoms with Gasteiger partial charge in [0.1, 0.15) is 11.9 Å². The van der Waals surface area contributed by atoms with Crippen molar-refractivity contribution in [2.75, 3.05) is 7.11 Å². The summed E-state index contributed by atoms with van der Waals surface area (Å²) in [5, 5.41) is 4.10. The maximum Gasteiger partial charge on any atom is 0.310 e. The number of methoxy groups -OCH3 is 1. The Bertz CT molecular complexity index is 784. The number of hydrogen-bond donors (Lipinski definition) is 0. The van der Waals surface area contributed by atoms with Gasteiger partial charge >= 0.3 is 5.97 Å². The third-order valence-corrected chi connectivity index (χ3v) is 5.54. The molecule has 2 bridgehead atoms. The van der Waals surface area contributed by atoms with Crippen molar-refractivity contribution in [3.63, 3.8) is 0 Å². The van der Waals surface area contributed by atoms with Gasteiger partial charge in [-0.1, -0.05) is 17.3 Å². The van der Waals surface area contributed by atoms with E-state index in [1.165, 1.54) is 0 Å². The largest absolute Gasteiger partial charge is 0.497 e. The highest BCUT2D eigenvalue weighted by Crippen LogP contribution is 2.61. The number of esters is 1. The molecular weight excluding hydrogens is 296 g/mol. The lowest BCUT2D eigenvalue weighted by atomic mass is 9.80. The molecule has 0 N–H and O–H groups in total. The van der Waals surface area contributed by atoms with E-state index in [1.807, 2.05) is 24.3 Å². The highest BCUT2D eigenvalue weighted by atomic mass is 16.6. The van der Waals surface area contributed by atoms with E-state index in [1.54, 1.807) is 7.11 Å². The maximum absolute atomic E-state index is 12.1. The summed E-state index contributed by atoms with van der Waals surface area (Å²) in [6.07, 6.45) is 2.08. The molecule has 0 amide bonds. The lowest BCUT2D eigenvalue weighted by Crippen LogP contribution is -2.24. The van der Waals surface area contributed by atoms with Crippen LogP contribution in [0.1, 0.15) is 24.7 Å². The molecular formula is C17H16N2O4. The number of ether oxygens (including phenoxy) is 2. The first-order chi connectivity index (χ1) is 11.2. The van der Waals surface area contributed by atoms with Gasteiger partial charge in [-0.15, -0.1) is 0 Å². The van der Waals surface area contributed by atoms with Gasteiger partial charge in [0.15, 0.2) is 0 Å². The van der Waals surface area contributed by atoms with Gasteiger partial charge in [0, 0.05) is 11.5 Å². The zero-order valence-electron chi connectivity index (χ0n) is 12.6. The van der Waals surface area contributed by atoms with Gasteiger partial charge < -0.3 is 14.0 Å². The van der Waals surface area contributed by atoms with Crippen LogP contribution >= 0.6 is 0 Å². The predicted octanol–water partition coefficient (Wildman–Crippen LogP) is 2.41. The Labute approximate surface area is 132 Å². The van der Waals surface area contributed by atoms with Gasteiger partial charge in [-0.05, 0) is 30.9 Å². The first-order valence-corrected chi connectivity index (χ1v) is 7.93. The molecule has 1 aromatic heterocycles. The topological polar surface area (TPSA) is 74.5 Å². The van der Waals surface area contributed by atoms with Gasteiger partial charge in [-0.2, -0.15) is 4.98 Å². The Balaban J connectivity index is 1.49. The third-order valence-electron chi connectivity index (χ3n) is 5.54. The molecule has 0 spiro atoms. The molecule has 3 fully saturated rings. The average molecular weight is 312 g/mol. The summed E-state index contributed by atoms with van der Waals surface area (Å²) in [6, 6.07) is 7.54. The fourth-order valence-electron chi connectivity index (χ4n) is 4.59. The fraction of sp³-hybridized carbons (Fsp3) is 0.471. The van der Waals surface area contributed by atoms with Crippen LogP contribution < -0.4 is 4.74 Å². The van der Waals surface area contributed by atoms with E-state index in [0.29, 0.717) is 23.6 Å². The molecule has 2 aromatic rings. The second-order valence-electron chi connectivity index (χ2n) is 6.61. The average Bonchev–Trinajstić information content (AvgIpc) is 3.30. The number of nitrogens with zero attached hydrogens (tertiary/aromatic N) is 2. The highest BCUT2D eigenvalue weighted by Gasteiger charge is 2.63. The standard InChI is InChI=1S/C17H16N2O4/c1-21-10-4-2-3-8(5-10)15-18-16(23-19-15)13-9-6-11-12(7-9)22-17(20)14(11)13/h2-5,9,11-14H,6-7H2,1H3/t9-,11+,12+,13-,14+/m1/s1. The van der Waals surface area contributed by atoms with Crippen LogP contribution in [0.15, 0.2) is 28.8 Å². The number of aromatic nitrogens is 2. The molecule has 1 saturated heterocycles. The smallest absolute Gasteiger partial charge is 0.310 e. The van der Waals surface area contributed by atoms with E-state index < -0.39 is 0 Å². The first kappa shape index (κ1) is 13.1. The van der Waals surface area contributed by atoms with Crippen LogP contribution in [0.2, 0.25) is 0 Å². The van der Waals surface area contributed by atoms with Crippen LogP contribution in [0.4, 0.5) is 0 Å². The number of rotatable bonds is 3. The fourth-order valence-corrected chi connectivity index (χ4v) is 4.59. The highest BCUT2D eigenvalue weighted by molar-refractivity contribution is 5.78. The molecule has 1 aliphatic heterocycles. The monoisotopic (exact) mass is 312 g/mol. The molecule has 6 nitrogen and oxygen atoms in total. The van der Waals surface area contributed by atoms with E-state index in [9.17, 15) is 4.79 Å². The summed E-state index contributed by atoms with van der Waals surface area (Å²) in [7, 11) is 1.62. The summed E-state index contributed by atoms with van der Waals surface area (Å²) >= 11 is 0. The maximum atomic E-state index is 12.1. The quantitative estimate of drug-likeness (QED) is 0.810. The summed E-state index contributed by atoms with van der Waals surface area (Å²) < 4.78 is 16.2. The van der Waals surface area contributed by atoms with Gasteiger partial charge in [0.2, 0.25) is 11.7 Å². The second-order valence-corrected chi connectivity index (χ2v) is 6.61. The molecule has 0 radical (unpaired) electrons.